The highest BCUT2D eigenvalue weighted by atomic mass is 16.7. The Kier molecular flexibility index (Phi) is 6.14. The zero-order chi connectivity index (χ0) is 15.2. The summed E-state index contributed by atoms with van der Waals surface area (Å²) in [5, 5.41) is 7.36. The van der Waals surface area contributed by atoms with E-state index in [1.165, 1.54) is 12.8 Å². The van der Waals surface area contributed by atoms with Crippen LogP contribution >= 0.6 is 0 Å². The summed E-state index contributed by atoms with van der Waals surface area (Å²) in [7, 11) is 3.38. The molecule has 0 unspecified atom stereocenters. The minimum absolute atomic E-state index is 0.121. The van der Waals surface area contributed by atoms with Gasteiger partial charge < -0.3 is 9.47 Å². The van der Waals surface area contributed by atoms with Gasteiger partial charge in [-0.25, -0.2) is 4.98 Å². The lowest BCUT2D eigenvalue weighted by Crippen LogP contribution is -2.40. The van der Waals surface area contributed by atoms with Crippen molar-refractivity contribution >= 4 is 0 Å². The fraction of sp³-hybridized carbons (Fsp3) is 0.867. The van der Waals surface area contributed by atoms with E-state index in [9.17, 15) is 0 Å². The molecule has 0 aromatic carbocycles. The lowest BCUT2D eigenvalue weighted by molar-refractivity contribution is -0.118. The molecule has 6 nitrogen and oxygen atoms in total. The van der Waals surface area contributed by atoms with Gasteiger partial charge in [0.1, 0.15) is 5.82 Å². The number of nitrogens with zero attached hydrogens (tertiary/aromatic N) is 3. The molecule has 1 aliphatic rings. The van der Waals surface area contributed by atoms with Gasteiger partial charge in [-0.05, 0) is 31.8 Å². The summed E-state index contributed by atoms with van der Waals surface area (Å²) >= 11 is 0. The van der Waals surface area contributed by atoms with E-state index >= 15 is 0 Å². The van der Waals surface area contributed by atoms with Crippen molar-refractivity contribution in [3.05, 3.63) is 11.6 Å². The van der Waals surface area contributed by atoms with Crippen LogP contribution in [-0.4, -0.2) is 60.2 Å². The van der Waals surface area contributed by atoms with E-state index in [0.717, 1.165) is 37.7 Å². The number of rotatable bonds is 7. The fourth-order valence-electron chi connectivity index (χ4n) is 2.76. The molecule has 0 spiro atoms. The lowest BCUT2D eigenvalue weighted by atomic mass is 9.93. The van der Waals surface area contributed by atoms with Crippen molar-refractivity contribution in [2.45, 2.75) is 45.3 Å². The van der Waals surface area contributed by atoms with Crippen LogP contribution in [0.1, 0.15) is 44.3 Å². The highest BCUT2D eigenvalue weighted by Gasteiger charge is 2.22. The zero-order valence-corrected chi connectivity index (χ0v) is 13.6. The SMILES string of the molecule is COC(CN1CCC(Cc2nc(C(C)C)n[nH]2)CC1)OC. The van der Waals surface area contributed by atoms with E-state index in [-0.39, 0.29) is 6.29 Å². The summed E-state index contributed by atoms with van der Waals surface area (Å²) in [6.45, 7) is 7.28. The number of nitrogens with one attached hydrogen (secondary N) is 1. The van der Waals surface area contributed by atoms with Crippen molar-refractivity contribution in [1.29, 1.82) is 0 Å². The molecule has 6 heteroatoms. The second kappa shape index (κ2) is 7.87. The summed E-state index contributed by atoms with van der Waals surface area (Å²) in [5.41, 5.74) is 0. The van der Waals surface area contributed by atoms with Crippen LogP contribution in [0.2, 0.25) is 0 Å². The van der Waals surface area contributed by atoms with Crippen molar-refractivity contribution in [1.82, 2.24) is 20.1 Å². The molecule has 1 fully saturated rings. The maximum Gasteiger partial charge on any atom is 0.169 e. The Morgan fingerprint density at radius 1 is 1.24 bits per heavy atom. The zero-order valence-electron chi connectivity index (χ0n) is 13.6. The number of aromatic nitrogens is 3. The van der Waals surface area contributed by atoms with Gasteiger partial charge in [0.15, 0.2) is 12.1 Å². The standard InChI is InChI=1S/C15H28N4O2/c1-11(2)15-16-13(17-18-15)9-12-5-7-19(8-6-12)10-14(20-3)21-4/h11-12,14H,5-10H2,1-4H3,(H,16,17,18). The number of H-pyrrole nitrogens is 1. The van der Waals surface area contributed by atoms with Crippen molar-refractivity contribution in [3.8, 4) is 0 Å². The minimum Gasteiger partial charge on any atom is -0.355 e. The van der Waals surface area contributed by atoms with Crippen molar-refractivity contribution < 1.29 is 9.47 Å². The summed E-state index contributed by atoms with van der Waals surface area (Å²) in [5.74, 6) is 3.03. The maximum atomic E-state index is 5.26. The second-order valence-corrected chi connectivity index (χ2v) is 6.14. The molecule has 1 saturated heterocycles. The Morgan fingerprint density at radius 2 is 1.90 bits per heavy atom. The third-order valence-electron chi connectivity index (χ3n) is 4.19. The van der Waals surface area contributed by atoms with E-state index < -0.39 is 0 Å². The van der Waals surface area contributed by atoms with E-state index in [1.54, 1.807) is 14.2 Å². The van der Waals surface area contributed by atoms with Gasteiger partial charge in [-0.1, -0.05) is 13.8 Å². The van der Waals surface area contributed by atoms with Gasteiger partial charge in [0.25, 0.3) is 0 Å². The molecule has 0 atom stereocenters. The van der Waals surface area contributed by atoms with Gasteiger partial charge in [-0.3, -0.25) is 10.00 Å². The third-order valence-corrected chi connectivity index (χ3v) is 4.19. The molecule has 0 bridgehead atoms. The van der Waals surface area contributed by atoms with Crippen LogP contribution in [0.5, 0.6) is 0 Å². The normalized spacial score (nSPS) is 18.0. The molecule has 0 radical (unpaired) electrons. The molecule has 0 amide bonds. The highest BCUT2D eigenvalue weighted by molar-refractivity contribution is 4.96. The monoisotopic (exact) mass is 296 g/mol. The quantitative estimate of drug-likeness (QED) is 0.777. The maximum absolute atomic E-state index is 5.26. The molecule has 2 heterocycles. The van der Waals surface area contributed by atoms with Gasteiger partial charge in [-0.15, -0.1) is 0 Å². The average molecular weight is 296 g/mol. The Balaban J connectivity index is 1.75. The highest BCUT2D eigenvalue weighted by Crippen LogP contribution is 2.21. The van der Waals surface area contributed by atoms with Crippen molar-refractivity contribution in [3.63, 3.8) is 0 Å². The first kappa shape index (κ1) is 16.4. The van der Waals surface area contributed by atoms with Gasteiger partial charge in [0.2, 0.25) is 0 Å². The number of aromatic amines is 1. The summed E-state index contributed by atoms with van der Waals surface area (Å²) in [6, 6.07) is 0. The minimum atomic E-state index is -0.121. The molecule has 1 aromatic rings. The largest absolute Gasteiger partial charge is 0.355 e. The Morgan fingerprint density at radius 3 is 2.43 bits per heavy atom. The van der Waals surface area contributed by atoms with Crippen LogP contribution in [0.4, 0.5) is 0 Å². The number of piperidine rings is 1. The number of ether oxygens (including phenoxy) is 2. The van der Waals surface area contributed by atoms with Crippen molar-refractivity contribution in [2.75, 3.05) is 33.9 Å². The van der Waals surface area contributed by atoms with Crippen LogP contribution in [0.15, 0.2) is 0 Å². The predicted octanol–water partition coefficient (Wildman–Crippen LogP) is 1.80. The molecule has 21 heavy (non-hydrogen) atoms. The van der Waals surface area contributed by atoms with Crippen molar-refractivity contribution in [2.24, 2.45) is 5.92 Å². The van der Waals surface area contributed by atoms with Gasteiger partial charge in [0, 0.05) is 33.1 Å². The van der Waals surface area contributed by atoms with Crippen LogP contribution in [0.3, 0.4) is 0 Å². The number of methoxy groups -OCH3 is 2. The molecule has 0 aliphatic carbocycles. The van der Waals surface area contributed by atoms with Crippen LogP contribution < -0.4 is 0 Å². The van der Waals surface area contributed by atoms with E-state index in [2.05, 4.69) is 33.9 Å². The molecular weight excluding hydrogens is 268 g/mol. The molecular formula is C15H28N4O2. The van der Waals surface area contributed by atoms with Crippen LogP contribution in [0, 0.1) is 5.92 Å². The van der Waals surface area contributed by atoms with E-state index in [0.29, 0.717) is 11.8 Å². The number of hydrogen-bond acceptors (Lipinski definition) is 5. The summed E-state index contributed by atoms with van der Waals surface area (Å²) in [6.07, 6.45) is 3.27. The first-order chi connectivity index (χ1) is 10.1. The topological polar surface area (TPSA) is 63.3 Å². The van der Waals surface area contributed by atoms with Gasteiger partial charge in [-0.2, -0.15) is 5.10 Å². The Hall–Kier alpha value is -0.980. The molecule has 2 rings (SSSR count). The number of hydrogen-bond donors (Lipinski definition) is 1. The summed E-state index contributed by atoms with van der Waals surface area (Å²) in [4.78, 5) is 6.99. The molecule has 1 aliphatic heterocycles. The Labute approximate surface area is 127 Å². The van der Waals surface area contributed by atoms with Crippen LogP contribution in [0.25, 0.3) is 0 Å². The van der Waals surface area contributed by atoms with Crippen LogP contribution in [-0.2, 0) is 15.9 Å². The smallest absolute Gasteiger partial charge is 0.169 e. The van der Waals surface area contributed by atoms with E-state index in [4.69, 9.17) is 9.47 Å². The third kappa shape index (κ3) is 4.76. The van der Waals surface area contributed by atoms with E-state index in [1.807, 2.05) is 0 Å². The van der Waals surface area contributed by atoms with Gasteiger partial charge >= 0.3 is 0 Å². The Bertz CT molecular complexity index is 410. The fourth-order valence-corrected chi connectivity index (χ4v) is 2.76. The summed E-state index contributed by atoms with van der Waals surface area (Å²) < 4.78 is 10.5. The second-order valence-electron chi connectivity index (χ2n) is 6.14. The lowest BCUT2D eigenvalue weighted by Gasteiger charge is -2.33. The number of likely N-dealkylation sites (tertiary alicyclic amines) is 1. The average Bonchev–Trinajstić information content (AvgIpc) is 2.95. The predicted molar refractivity (Wildman–Crippen MR) is 81.1 cm³/mol. The molecule has 1 aromatic heterocycles. The molecule has 0 saturated carbocycles. The molecule has 120 valence electrons. The first-order valence-electron chi connectivity index (χ1n) is 7.81. The van der Waals surface area contributed by atoms with Gasteiger partial charge in [0.05, 0.1) is 0 Å². The first-order valence-corrected chi connectivity index (χ1v) is 7.81. The molecule has 1 N–H and O–H groups in total.